The molecule has 0 spiro atoms. The Hall–Kier alpha value is -1.36. The molecule has 0 aliphatic carbocycles. The minimum Gasteiger partial charge on any atom is -0.481 e. The fraction of sp³-hybridized carbons (Fsp3) is 0.692. The number of nitrogens with one attached hydrogen (secondary N) is 1. The molecule has 1 rings (SSSR count). The molecule has 1 heterocycles. The number of hydrogen-bond donors (Lipinski definition) is 1. The first-order valence-corrected chi connectivity index (χ1v) is 6.04. The maximum absolute atomic E-state index is 5.15. The van der Waals surface area contributed by atoms with Gasteiger partial charge in [-0.05, 0) is 12.5 Å². The maximum atomic E-state index is 5.15. The molecule has 102 valence electrons. The molecule has 0 aromatic carbocycles. The fourth-order valence-electron chi connectivity index (χ4n) is 1.77. The van der Waals surface area contributed by atoms with E-state index >= 15 is 0 Å². The van der Waals surface area contributed by atoms with E-state index in [1.807, 2.05) is 7.05 Å². The Morgan fingerprint density at radius 2 is 1.67 bits per heavy atom. The molecule has 0 radical (unpaired) electrons. The lowest BCUT2D eigenvalue weighted by atomic mass is 9.85. The van der Waals surface area contributed by atoms with Gasteiger partial charge < -0.3 is 14.8 Å². The van der Waals surface area contributed by atoms with Crippen LogP contribution in [0, 0.1) is 5.41 Å². The second-order valence-corrected chi connectivity index (χ2v) is 5.28. The van der Waals surface area contributed by atoms with E-state index in [0.29, 0.717) is 11.8 Å². The van der Waals surface area contributed by atoms with E-state index in [1.54, 1.807) is 20.3 Å². The van der Waals surface area contributed by atoms with E-state index in [2.05, 4.69) is 36.1 Å². The zero-order valence-corrected chi connectivity index (χ0v) is 12.1. The minimum absolute atomic E-state index is 0.133. The Kier molecular flexibility index (Phi) is 4.90. The van der Waals surface area contributed by atoms with Crippen molar-refractivity contribution in [3.8, 4) is 11.8 Å². The molecular weight excluding hydrogens is 230 g/mol. The summed E-state index contributed by atoms with van der Waals surface area (Å²) in [4.78, 5) is 8.70. The van der Waals surface area contributed by atoms with Crippen molar-refractivity contribution in [2.75, 3.05) is 21.3 Å². The summed E-state index contributed by atoms with van der Waals surface area (Å²) in [6, 6.07) is 1.96. The van der Waals surface area contributed by atoms with Gasteiger partial charge in [0.2, 0.25) is 11.8 Å². The summed E-state index contributed by atoms with van der Waals surface area (Å²) in [5.41, 5.74) is 0.133. The molecule has 1 unspecified atom stereocenters. The van der Waals surface area contributed by atoms with Gasteiger partial charge in [0.05, 0.1) is 20.3 Å². The van der Waals surface area contributed by atoms with Crippen LogP contribution in [-0.4, -0.2) is 37.3 Å². The zero-order chi connectivity index (χ0) is 13.8. The van der Waals surface area contributed by atoms with E-state index in [1.165, 1.54) is 0 Å². The van der Waals surface area contributed by atoms with Crippen LogP contribution in [-0.2, 0) is 6.42 Å². The van der Waals surface area contributed by atoms with E-state index in [9.17, 15) is 0 Å². The van der Waals surface area contributed by atoms with Gasteiger partial charge in [0.1, 0.15) is 5.82 Å². The first kappa shape index (κ1) is 14.7. The average molecular weight is 253 g/mol. The second-order valence-electron chi connectivity index (χ2n) is 5.28. The molecule has 1 aromatic heterocycles. The highest BCUT2D eigenvalue weighted by molar-refractivity contribution is 5.21. The number of methoxy groups -OCH3 is 2. The quantitative estimate of drug-likeness (QED) is 0.865. The Balaban J connectivity index is 2.95. The van der Waals surface area contributed by atoms with Gasteiger partial charge in [0.15, 0.2) is 0 Å². The largest absolute Gasteiger partial charge is 0.481 e. The molecule has 1 atom stereocenters. The monoisotopic (exact) mass is 253 g/mol. The molecule has 1 N–H and O–H groups in total. The number of rotatable bonds is 5. The molecule has 5 nitrogen and oxygen atoms in total. The highest BCUT2D eigenvalue weighted by atomic mass is 16.5. The van der Waals surface area contributed by atoms with Gasteiger partial charge in [-0.15, -0.1) is 0 Å². The summed E-state index contributed by atoms with van der Waals surface area (Å²) in [6.07, 6.45) is 0.730. The highest BCUT2D eigenvalue weighted by Gasteiger charge is 2.24. The topological polar surface area (TPSA) is 56.3 Å². The normalized spacial score (nSPS) is 13.2. The molecule has 5 heteroatoms. The van der Waals surface area contributed by atoms with Gasteiger partial charge >= 0.3 is 0 Å². The Morgan fingerprint density at radius 3 is 2.00 bits per heavy atom. The van der Waals surface area contributed by atoms with Gasteiger partial charge in [0, 0.05) is 12.5 Å². The molecule has 0 fully saturated rings. The van der Waals surface area contributed by atoms with Crippen LogP contribution in [0.2, 0.25) is 0 Å². The van der Waals surface area contributed by atoms with E-state index < -0.39 is 0 Å². The number of hydrogen-bond acceptors (Lipinski definition) is 5. The van der Waals surface area contributed by atoms with Gasteiger partial charge in [-0.1, -0.05) is 20.8 Å². The van der Waals surface area contributed by atoms with Crippen LogP contribution in [0.15, 0.2) is 6.07 Å². The van der Waals surface area contributed by atoms with Crippen molar-refractivity contribution in [1.82, 2.24) is 15.3 Å². The van der Waals surface area contributed by atoms with Crippen molar-refractivity contribution in [2.45, 2.75) is 33.2 Å². The van der Waals surface area contributed by atoms with Gasteiger partial charge in [0.25, 0.3) is 0 Å². The molecule has 0 saturated heterocycles. The minimum atomic E-state index is 0.133. The third-order valence-electron chi connectivity index (χ3n) is 2.92. The van der Waals surface area contributed by atoms with E-state index in [4.69, 9.17) is 9.47 Å². The summed E-state index contributed by atoms with van der Waals surface area (Å²) >= 11 is 0. The van der Waals surface area contributed by atoms with Gasteiger partial charge in [-0.25, -0.2) is 0 Å². The van der Waals surface area contributed by atoms with Gasteiger partial charge in [-0.2, -0.15) is 9.97 Å². The molecule has 0 aliphatic heterocycles. The zero-order valence-electron chi connectivity index (χ0n) is 12.1. The third-order valence-corrected chi connectivity index (χ3v) is 2.92. The Labute approximate surface area is 109 Å². The van der Waals surface area contributed by atoms with Crippen LogP contribution in [0.4, 0.5) is 0 Å². The fourth-order valence-corrected chi connectivity index (χ4v) is 1.77. The summed E-state index contributed by atoms with van der Waals surface area (Å²) in [7, 11) is 5.13. The summed E-state index contributed by atoms with van der Waals surface area (Å²) in [6.45, 7) is 6.56. The third kappa shape index (κ3) is 3.84. The van der Waals surface area contributed by atoms with Crippen LogP contribution in [0.3, 0.4) is 0 Å². The smallest absolute Gasteiger partial charge is 0.220 e. The number of nitrogens with zero attached hydrogens (tertiary/aromatic N) is 2. The first-order valence-electron chi connectivity index (χ1n) is 6.04. The summed E-state index contributed by atoms with van der Waals surface area (Å²) in [5, 5.41) is 3.30. The molecule has 0 saturated carbocycles. The molecular formula is C13H23N3O2. The Bertz CT molecular complexity index is 366. The van der Waals surface area contributed by atoms with E-state index in [0.717, 1.165) is 12.2 Å². The van der Waals surface area contributed by atoms with Crippen LogP contribution < -0.4 is 14.8 Å². The summed E-state index contributed by atoms with van der Waals surface area (Å²) < 4.78 is 10.3. The van der Waals surface area contributed by atoms with Crippen molar-refractivity contribution >= 4 is 0 Å². The van der Waals surface area contributed by atoms with Crippen LogP contribution in [0.25, 0.3) is 0 Å². The average Bonchev–Trinajstić information content (AvgIpc) is 2.33. The predicted octanol–water partition coefficient (Wildman–Crippen LogP) is 1.67. The van der Waals surface area contributed by atoms with Crippen LogP contribution in [0.1, 0.15) is 26.6 Å². The first-order chi connectivity index (χ1) is 8.40. The van der Waals surface area contributed by atoms with E-state index in [-0.39, 0.29) is 11.5 Å². The molecule has 0 aliphatic rings. The molecule has 18 heavy (non-hydrogen) atoms. The van der Waals surface area contributed by atoms with Crippen molar-refractivity contribution in [2.24, 2.45) is 5.41 Å². The van der Waals surface area contributed by atoms with Crippen molar-refractivity contribution in [1.29, 1.82) is 0 Å². The van der Waals surface area contributed by atoms with Crippen molar-refractivity contribution in [3.63, 3.8) is 0 Å². The highest BCUT2D eigenvalue weighted by Crippen LogP contribution is 2.23. The molecule has 1 aromatic rings. The second kappa shape index (κ2) is 6.00. The number of likely N-dealkylation sites (N-methyl/N-ethyl adjacent to an activating group) is 1. The Morgan fingerprint density at radius 1 is 1.17 bits per heavy atom. The number of ether oxygens (including phenoxy) is 2. The lowest BCUT2D eigenvalue weighted by Crippen LogP contribution is -2.40. The summed E-state index contributed by atoms with van der Waals surface area (Å²) in [5.74, 6) is 1.78. The van der Waals surface area contributed by atoms with Gasteiger partial charge in [-0.3, -0.25) is 0 Å². The van der Waals surface area contributed by atoms with Crippen LogP contribution in [0.5, 0.6) is 11.8 Å². The lowest BCUT2D eigenvalue weighted by Gasteiger charge is -2.29. The number of aromatic nitrogens is 2. The standard InChI is InChI=1S/C13H23N3O2/c1-13(2,3)9(14-4)7-10-15-11(17-5)8-12(16-10)18-6/h8-9,14H,7H2,1-6H3. The SMILES string of the molecule is CNC(Cc1nc(OC)cc(OC)n1)C(C)(C)C. The molecule has 0 amide bonds. The predicted molar refractivity (Wildman–Crippen MR) is 71.1 cm³/mol. The molecule has 0 bridgehead atoms. The lowest BCUT2D eigenvalue weighted by molar-refractivity contribution is 0.274. The van der Waals surface area contributed by atoms with Crippen molar-refractivity contribution < 1.29 is 9.47 Å². The van der Waals surface area contributed by atoms with Crippen LogP contribution >= 0.6 is 0 Å². The van der Waals surface area contributed by atoms with Crippen molar-refractivity contribution in [3.05, 3.63) is 11.9 Å². The maximum Gasteiger partial charge on any atom is 0.220 e.